The third kappa shape index (κ3) is 3.90. The van der Waals surface area contributed by atoms with Crippen LogP contribution in [0.3, 0.4) is 0 Å². The van der Waals surface area contributed by atoms with Crippen molar-refractivity contribution < 1.29 is 18.9 Å². The summed E-state index contributed by atoms with van der Waals surface area (Å²) in [7, 11) is -0.781. The van der Waals surface area contributed by atoms with Crippen molar-refractivity contribution in [3.8, 4) is 0 Å². The number of urea groups is 1. The van der Waals surface area contributed by atoms with Crippen molar-refractivity contribution in [1.29, 1.82) is 0 Å². The van der Waals surface area contributed by atoms with Crippen LogP contribution in [-0.2, 0) is 15.6 Å². The predicted octanol–water partition coefficient (Wildman–Crippen LogP) is -1.13. The topological polar surface area (TPSA) is 81.2 Å². The smallest absolute Gasteiger partial charge is 0.320 e. The number of hydrogen-bond donors (Lipinski definition) is 1. The highest BCUT2D eigenvalue weighted by molar-refractivity contribution is 7.85. The molecule has 0 aromatic carbocycles. The Hall–Kier alpha value is -1.15. The molecule has 0 aromatic heterocycles. The van der Waals surface area contributed by atoms with Gasteiger partial charge in [0.15, 0.2) is 0 Å². The highest BCUT2D eigenvalue weighted by atomic mass is 32.2. The molecular weight excluding hydrogens is 270 g/mol. The van der Waals surface area contributed by atoms with Crippen LogP contribution in [-0.4, -0.2) is 93.3 Å². The summed E-state index contributed by atoms with van der Waals surface area (Å²) in [6.07, 6.45) is 0. The first-order chi connectivity index (χ1) is 9.06. The van der Waals surface area contributed by atoms with E-state index >= 15 is 0 Å². The van der Waals surface area contributed by atoms with Crippen molar-refractivity contribution in [2.75, 3.05) is 57.3 Å². The molecule has 2 aliphatic heterocycles. The molecule has 0 saturated carbocycles. The lowest BCUT2D eigenvalue weighted by atomic mass is 10.3. The van der Waals surface area contributed by atoms with Crippen LogP contribution in [0, 0.1) is 0 Å². The van der Waals surface area contributed by atoms with E-state index in [9.17, 15) is 13.8 Å². The van der Waals surface area contributed by atoms with Gasteiger partial charge >= 0.3 is 12.0 Å². The Labute approximate surface area is 114 Å². The van der Waals surface area contributed by atoms with Gasteiger partial charge in [0.1, 0.15) is 0 Å². The van der Waals surface area contributed by atoms with Gasteiger partial charge in [0.2, 0.25) is 0 Å². The number of nitrogens with zero attached hydrogens (tertiary/aromatic N) is 3. The van der Waals surface area contributed by atoms with Crippen LogP contribution in [0.4, 0.5) is 4.79 Å². The quantitative estimate of drug-likeness (QED) is 0.696. The van der Waals surface area contributed by atoms with Gasteiger partial charge in [0, 0.05) is 61.6 Å². The lowest BCUT2D eigenvalue weighted by molar-refractivity contribution is -0.138. The minimum Gasteiger partial charge on any atom is -0.480 e. The van der Waals surface area contributed by atoms with Crippen molar-refractivity contribution in [3.63, 3.8) is 0 Å². The fraction of sp³-hybridized carbons (Fsp3) is 0.818. The summed E-state index contributed by atoms with van der Waals surface area (Å²) >= 11 is 0. The van der Waals surface area contributed by atoms with Crippen LogP contribution in [0.2, 0.25) is 0 Å². The third-order valence-electron chi connectivity index (χ3n) is 3.45. The van der Waals surface area contributed by atoms with Crippen molar-refractivity contribution in [1.82, 2.24) is 14.7 Å². The molecule has 0 bridgehead atoms. The average molecular weight is 289 g/mol. The van der Waals surface area contributed by atoms with Gasteiger partial charge in [-0.3, -0.25) is 13.9 Å². The Morgan fingerprint density at radius 1 is 0.947 bits per heavy atom. The number of hydrogen-bond acceptors (Lipinski definition) is 4. The molecule has 2 saturated heterocycles. The lowest BCUT2D eigenvalue weighted by Gasteiger charge is -2.37. The van der Waals surface area contributed by atoms with E-state index in [4.69, 9.17) is 5.11 Å². The zero-order chi connectivity index (χ0) is 13.8. The van der Waals surface area contributed by atoms with E-state index < -0.39 is 16.8 Å². The van der Waals surface area contributed by atoms with Gasteiger partial charge < -0.3 is 14.9 Å². The molecular formula is C11H19N3O4S. The Kier molecular flexibility index (Phi) is 4.76. The Morgan fingerprint density at radius 2 is 1.47 bits per heavy atom. The highest BCUT2D eigenvalue weighted by Gasteiger charge is 2.27. The molecule has 1 N–H and O–H groups in total. The van der Waals surface area contributed by atoms with Crippen LogP contribution >= 0.6 is 0 Å². The van der Waals surface area contributed by atoms with Gasteiger partial charge in [-0.05, 0) is 0 Å². The molecule has 2 heterocycles. The van der Waals surface area contributed by atoms with E-state index in [0.29, 0.717) is 50.8 Å². The largest absolute Gasteiger partial charge is 0.480 e. The molecule has 19 heavy (non-hydrogen) atoms. The van der Waals surface area contributed by atoms with Crippen molar-refractivity contribution in [3.05, 3.63) is 0 Å². The first-order valence-corrected chi connectivity index (χ1v) is 7.88. The monoisotopic (exact) mass is 289 g/mol. The number of carbonyl (C=O) groups is 2. The zero-order valence-corrected chi connectivity index (χ0v) is 11.6. The second kappa shape index (κ2) is 6.33. The molecule has 7 nitrogen and oxygen atoms in total. The maximum atomic E-state index is 12.2. The van der Waals surface area contributed by atoms with E-state index in [0.717, 1.165) is 0 Å². The standard InChI is InChI=1S/C11H19N3O4S/c15-10(16)9-12-1-3-13(4-2-12)11(17)14-5-7-19(18)8-6-14/h1-9H2,(H,15,16). The summed E-state index contributed by atoms with van der Waals surface area (Å²) in [5.74, 6) is 0.286. The van der Waals surface area contributed by atoms with Gasteiger partial charge in [-0.2, -0.15) is 0 Å². The van der Waals surface area contributed by atoms with Crippen LogP contribution in [0.25, 0.3) is 0 Å². The number of aliphatic carboxylic acids is 1. The summed E-state index contributed by atoms with van der Waals surface area (Å²) in [6, 6.07) is -0.00771. The molecule has 0 aliphatic carbocycles. The summed E-state index contributed by atoms with van der Waals surface area (Å²) in [5, 5.41) is 8.71. The van der Waals surface area contributed by atoms with E-state index in [1.54, 1.807) is 9.80 Å². The van der Waals surface area contributed by atoms with E-state index in [1.165, 1.54) is 0 Å². The normalized spacial score (nSPS) is 22.5. The van der Waals surface area contributed by atoms with Gasteiger partial charge in [-0.15, -0.1) is 0 Å². The molecule has 0 spiro atoms. The first-order valence-electron chi connectivity index (χ1n) is 6.39. The number of piperazine rings is 1. The summed E-state index contributed by atoms with van der Waals surface area (Å²) in [6.45, 7) is 3.46. The maximum absolute atomic E-state index is 12.2. The molecule has 108 valence electrons. The molecule has 0 unspecified atom stereocenters. The summed E-state index contributed by atoms with van der Waals surface area (Å²) in [4.78, 5) is 28.1. The van der Waals surface area contributed by atoms with E-state index in [1.807, 2.05) is 4.90 Å². The fourth-order valence-electron chi connectivity index (χ4n) is 2.32. The molecule has 0 aromatic rings. The predicted molar refractivity (Wildman–Crippen MR) is 70.5 cm³/mol. The van der Waals surface area contributed by atoms with Crippen LogP contribution in [0.5, 0.6) is 0 Å². The van der Waals surface area contributed by atoms with E-state index in [2.05, 4.69) is 0 Å². The SMILES string of the molecule is O=C(O)CN1CCN(C(=O)N2CCS(=O)CC2)CC1. The van der Waals surface area contributed by atoms with Crippen LogP contribution < -0.4 is 0 Å². The van der Waals surface area contributed by atoms with Crippen molar-refractivity contribution in [2.24, 2.45) is 0 Å². The second-order valence-electron chi connectivity index (χ2n) is 4.77. The summed E-state index contributed by atoms with van der Waals surface area (Å²) < 4.78 is 11.3. The number of carboxylic acids is 1. The van der Waals surface area contributed by atoms with Gasteiger partial charge in [-0.1, -0.05) is 0 Å². The second-order valence-corrected chi connectivity index (χ2v) is 6.47. The highest BCUT2D eigenvalue weighted by Crippen LogP contribution is 2.08. The lowest BCUT2D eigenvalue weighted by Crippen LogP contribution is -2.55. The zero-order valence-electron chi connectivity index (χ0n) is 10.8. The molecule has 2 fully saturated rings. The number of carboxylic acid groups (broad SMARTS) is 1. The molecule has 2 aliphatic rings. The molecule has 2 amide bonds. The maximum Gasteiger partial charge on any atom is 0.320 e. The molecule has 2 rings (SSSR count). The first kappa shape index (κ1) is 14.3. The Balaban J connectivity index is 1.79. The fourth-order valence-corrected chi connectivity index (χ4v) is 3.37. The average Bonchev–Trinajstić information content (AvgIpc) is 2.39. The van der Waals surface area contributed by atoms with Crippen molar-refractivity contribution in [2.45, 2.75) is 0 Å². The molecule has 0 radical (unpaired) electrons. The van der Waals surface area contributed by atoms with Gasteiger partial charge in [0.05, 0.1) is 6.54 Å². The molecule has 0 atom stereocenters. The number of amides is 2. The van der Waals surface area contributed by atoms with Crippen molar-refractivity contribution >= 4 is 22.8 Å². The Morgan fingerprint density at radius 3 is 2.00 bits per heavy atom. The number of carbonyl (C=O) groups excluding carboxylic acids is 1. The Bertz CT molecular complexity index is 372. The third-order valence-corrected chi connectivity index (χ3v) is 4.73. The minimum atomic E-state index is -0.835. The van der Waals surface area contributed by atoms with E-state index in [-0.39, 0.29) is 12.6 Å². The number of rotatable bonds is 2. The van der Waals surface area contributed by atoms with Crippen LogP contribution in [0.1, 0.15) is 0 Å². The molecule has 8 heteroatoms. The summed E-state index contributed by atoms with van der Waals surface area (Å²) in [5.41, 5.74) is 0. The van der Waals surface area contributed by atoms with Crippen LogP contribution in [0.15, 0.2) is 0 Å². The minimum absolute atomic E-state index is 0.00771. The van der Waals surface area contributed by atoms with Gasteiger partial charge in [0.25, 0.3) is 0 Å². The van der Waals surface area contributed by atoms with Gasteiger partial charge in [-0.25, -0.2) is 4.79 Å².